The largest absolute Gasteiger partial charge is 0.493 e. The van der Waals surface area contributed by atoms with E-state index >= 15 is 0 Å². The second-order valence-electron chi connectivity index (χ2n) is 3.04. The molecule has 0 unspecified atom stereocenters. The minimum absolute atomic E-state index is 0.493. The van der Waals surface area contributed by atoms with Crippen LogP contribution >= 0.6 is 0 Å². The molecule has 0 bridgehead atoms. The number of hydrogen-bond acceptors (Lipinski definition) is 5. The lowest BCUT2D eigenvalue weighted by molar-refractivity contribution is 0.320. The molecule has 0 fully saturated rings. The Bertz CT molecular complexity index is 351. The molecule has 0 spiro atoms. The van der Waals surface area contributed by atoms with Gasteiger partial charge in [-0.05, 0) is 17.7 Å². The third kappa shape index (κ3) is 2.56. The fraction of sp³-hybridized carbons (Fsp3) is 0.364. The smallest absolute Gasteiger partial charge is 0.203 e. The Morgan fingerprint density at radius 3 is 2.06 bits per heavy atom. The molecule has 0 radical (unpaired) electrons. The van der Waals surface area contributed by atoms with Crippen molar-refractivity contribution < 1.29 is 19.4 Å². The van der Waals surface area contributed by atoms with Crippen LogP contribution in [0.5, 0.6) is 17.2 Å². The van der Waals surface area contributed by atoms with E-state index in [0.29, 0.717) is 23.7 Å². The van der Waals surface area contributed by atoms with Crippen molar-refractivity contribution in [3.05, 3.63) is 17.7 Å². The van der Waals surface area contributed by atoms with Crippen molar-refractivity contribution in [2.24, 2.45) is 5.16 Å². The van der Waals surface area contributed by atoms with E-state index in [1.54, 1.807) is 21.3 Å². The van der Waals surface area contributed by atoms with Crippen LogP contribution in [0.4, 0.5) is 0 Å². The number of hydrogen-bond donors (Lipinski definition) is 1. The van der Waals surface area contributed by atoms with Crippen molar-refractivity contribution >= 4 is 6.21 Å². The molecule has 1 N–H and O–H groups in total. The van der Waals surface area contributed by atoms with Gasteiger partial charge in [-0.15, -0.1) is 5.16 Å². The fourth-order valence-electron chi connectivity index (χ4n) is 1.40. The quantitative estimate of drug-likeness (QED) is 0.471. The van der Waals surface area contributed by atoms with Gasteiger partial charge in [0.05, 0.1) is 21.3 Å². The predicted molar refractivity (Wildman–Crippen MR) is 60.1 cm³/mol. The average molecular weight is 225 g/mol. The van der Waals surface area contributed by atoms with Gasteiger partial charge in [0, 0.05) is 12.6 Å². The van der Waals surface area contributed by atoms with Crippen LogP contribution in [0.3, 0.4) is 0 Å². The highest BCUT2D eigenvalue weighted by molar-refractivity contribution is 5.63. The van der Waals surface area contributed by atoms with Crippen LogP contribution in [-0.4, -0.2) is 32.8 Å². The minimum Gasteiger partial charge on any atom is -0.493 e. The summed E-state index contributed by atoms with van der Waals surface area (Å²) in [6, 6.07) is 3.62. The monoisotopic (exact) mass is 225 g/mol. The second kappa shape index (κ2) is 5.85. The van der Waals surface area contributed by atoms with Gasteiger partial charge < -0.3 is 19.4 Å². The van der Waals surface area contributed by atoms with Gasteiger partial charge in [0.15, 0.2) is 11.5 Å². The molecule has 0 saturated heterocycles. The number of oxime groups is 1. The molecule has 5 nitrogen and oxygen atoms in total. The van der Waals surface area contributed by atoms with Crippen molar-refractivity contribution in [1.82, 2.24) is 0 Å². The summed E-state index contributed by atoms with van der Waals surface area (Å²) in [6.45, 7) is 0. The first-order valence-electron chi connectivity index (χ1n) is 4.71. The maximum atomic E-state index is 8.36. The van der Waals surface area contributed by atoms with Crippen molar-refractivity contribution in [3.8, 4) is 17.2 Å². The standard InChI is InChI=1S/C11H15NO4/c1-14-9-6-8(4-5-12-13)7-10(15-2)11(9)16-3/h5-7,13H,4H2,1-3H3. The van der Waals surface area contributed by atoms with Crippen LogP contribution in [-0.2, 0) is 6.42 Å². The lowest BCUT2D eigenvalue weighted by Crippen LogP contribution is -1.97. The number of benzene rings is 1. The third-order valence-corrected chi connectivity index (χ3v) is 2.13. The van der Waals surface area contributed by atoms with Crippen LogP contribution in [0.2, 0.25) is 0 Å². The van der Waals surface area contributed by atoms with Crippen LogP contribution < -0.4 is 14.2 Å². The SMILES string of the molecule is COc1cc(CC=NO)cc(OC)c1OC. The Labute approximate surface area is 94.2 Å². The average Bonchev–Trinajstić information content (AvgIpc) is 2.34. The molecule has 0 aliphatic heterocycles. The van der Waals surface area contributed by atoms with E-state index in [4.69, 9.17) is 19.4 Å². The molecule has 0 saturated carbocycles. The van der Waals surface area contributed by atoms with Crippen molar-refractivity contribution in [2.45, 2.75) is 6.42 Å². The molecule has 1 aromatic carbocycles. The third-order valence-electron chi connectivity index (χ3n) is 2.13. The molecular weight excluding hydrogens is 210 g/mol. The molecule has 88 valence electrons. The van der Waals surface area contributed by atoms with E-state index in [9.17, 15) is 0 Å². The Balaban J connectivity index is 3.14. The Morgan fingerprint density at radius 1 is 1.12 bits per heavy atom. The zero-order valence-electron chi connectivity index (χ0n) is 9.56. The van der Waals surface area contributed by atoms with Gasteiger partial charge in [-0.25, -0.2) is 0 Å². The van der Waals surface area contributed by atoms with Crippen LogP contribution in [0, 0.1) is 0 Å². The lowest BCUT2D eigenvalue weighted by Gasteiger charge is -2.13. The van der Waals surface area contributed by atoms with Gasteiger partial charge in [-0.1, -0.05) is 0 Å². The first kappa shape index (κ1) is 12.2. The Hall–Kier alpha value is -1.91. The normalized spacial score (nSPS) is 10.4. The highest BCUT2D eigenvalue weighted by Crippen LogP contribution is 2.38. The highest BCUT2D eigenvalue weighted by Gasteiger charge is 2.12. The Morgan fingerprint density at radius 2 is 1.69 bits per heavy atom. The van der Waals surface area contributed by atoms with E-state index < -0.39 is 0 Å². The second-order valence-corrected chi connectivity index (χ2v) is 3.04. The van der Waals surface area contributed by atoms with Crippen LogP contribution in [0.25, 0.3) is 0 Å². The van der Waals surface area contributed by atoms with Gasteiger partial charge in [0.1, 0.15) is 0 Å². The van der Waals surface area contributed by atoms with Gasteiger partial charge in [0.25, 0.3) is 0 Å². The molecule has 1 aromatic rings. The van der Waals surface area contributed by atoms with E-state index in [-0.39, 0.29) is 0 Å². The number of rotatable bonds is 5. The van der Waals surface area contributed by atoms with Crippen molar-refractivity contribution in [1.29, 1.82) is 0 Å². The van der Waals surface area contributed by atoms with Gasteiger partial charge in [0.2, 0.25) is 5.75 Å². The van der Waals surface area contributed by atoms with E-state index in [2.05, 4.69) is 5.16 Å². The van der Waals surface area contributed by atoms with E-state index in [0.717, 1.165) is 5.56 Å². The maximum Gasteiger partial charge on any atom is 0.203 e. The minimum atomic E-state index is 0.493. The highest BCUT2D eigenvalue weighted by atomic mass is 16.5. The molecule has 0 aromatic heterocycles. The van der Waals surface area contributed by atoms with Crippen molar-refractivity contribution in [3.63, 3.8) is 0 Å². The van der Waals surface area contributed by atoms with E-state index in [1.165, 1.54) is 6.21 Å². The predicted octanol–water partition coefficient (Wildman–Crippen LogP) is 1.71. The zero-order chi connectivity index (χ0) is 12.0. The molecular formula is C11H15NO4. The first-order chi connectivity index (χ1) is 7.76. The first-order valence-corrected chi connectivity index (χ1v) is 4.71. The fourth-order valence-corrected chi connectivity index (χ4v) is 1.40. The molecule has 0 aliphatic carbocycles. The molecule has 16 heavy (non-hydrogen) atoms. The molecule has 1 rings (SSSR count). The van der Waals surface area contributed by atoms with E-state index in [1.807, 2.05) is 12.1 Å². The summed E-state index contributed by atoms with van der Waals surface area (Å²) >= 11 is 0. The Kier molecular flexibility index (Phi) is 4.44. The molecule has 0 atom stereocenters. The summed E-state index contributed by atoms with van der Waals surface area (Å²) in [7, 11) is 4.66. The summed E-state index contributed by atoms with van der Waals surface area (Å²) in [5.74, 6) is 1.72. The summed E-state index contributed by atoms with van der Waals surface area (Å²) < 4.78 is 15.6. The summed E-state index contributed by atoms with van der Waals surface area (Å²) in [6.07, 6.45) is 1.88. The summed E-state index contributed by atoms with van der Waals surface area (Å²) in [5, 5.41) is 11.3. The zero-order valence-corrected chi connectivity index (χ0v) is 9.56. The molecule has 0 aliphatic rings. The van der Waals surface area contributed by atoms with Crippen LogP contribution in [0.1, 0.15) is 5.56 Å². The molecule has 5 heteroatoms. The topological polar surface area (TPSA) is 60.3 Å². The van der Waals surface area contributed by atoms with Gasteiger partial charge in [-0.2, -0.15) is 0 Å². The van der Waals surface area contributed by atoms with Crippen LogP contribution in [0.15, 0.2) is 17.3 Å². The van der Waals surface area contributed by atoms with Gasteiger partial charge >= 0.3 is 0 Å². The summed E-state index contributed by atoms with van der Waals surface area (Å²) in [5.41, 5.74) is 0.910. The van der Waals surface area contributed by atoms with Gasteiger partial charge in [-0.3, -0.25) is 0 Å². The lowest BCUT2D eigenvalue weighted by atomic mass is 10.1. The summed E-state index contributed by atoms with van der Waals surface area (Å²) in [4.78, 5) is 0. The number of methoxy groups -OCH3 is 3. The van der Waals surface area contributed by atoms with Crippen molar-refractivity contribution in [2.75, 3.05) is 21.3 Å². The maximum absolute atomic E-state index is 8.36. The number of nitrogens with zero attached hydrogens (tertiary/aromatic N) is 1. The number of ether oxygens (including phenoxy) is 3. The molecule has 0 heterocycles. The molecule has 0 amide bonds.